The number of aromatic nitrogens is 1. The summed E-state index contributed by atoms with van der Waals surface area (Å²) in [5.74, 6) is 0.173. The van der Waals surface area contributed by atoms with Crippen LogP contribution in [0.1, 0.15) is 55.6 Å². The molecule has 9 heteroatoms. The van der Waals surface area contributed by atoms with Gasteiger partial charge in [0.1, 0.15) is 11.3 Å². The van der Waals surface area contributed by atoms with Gasteiger partial charge in [0.05, 0.1) is 24.6 Å². The Bertz CT molecular complexity index is 1590. The van der Waals surface area contributed by atoms with E-state index in [0.717, 1.165) is 47.5 Å². The summed E-state index contributed by atoms with van der Waals surface area (Å²) in [7, 11) is 0. The lowest BCUT2D eigenvalue weighted by Gasteiger charge is -2.31. The van der Waals surface area contributed by atoms with E-state index in [1.54, 1.807) is 38.2 Å². The number of hydrogen-bond acceptors (Lipinski definition) is 7. The third kappa shape index (κ3) is 6.21. The molecule has 41 heavy (non-hydrogen) atoms. The Labute approximate surface area is 243 Å². The van der Waals surface area contributed by atoms with E-state index in [1.807, 2.05) is 41.9 Å². The third-order valence-electron chi connectivity index (χ3n) is 7.20. The lowest BCUT2D eigenvalue weighted by Crippen LogP contribution is -2.36. The van der Waals surface area contributed by atoms with Crippen LogP contribution in [-0.4, -0.2) is 48.9 Å². The van der Waals surface area contributed by atoms with Crippen LogP contribution >= 0.6 is 11.3 Å². The van der Waals surface area contributed by atoms with E-state index in [1.165, 1.54) is 24.1 Å². The molecule has 1 aliphatic carbocycles. The largest absolute Gasteiger partial charge is 0.444 e. The van der Waals surface area contributed by atoms with Crippen LogP contribution in [0, 0.1) is 0 Å². The Hall–Kier alpha value is -3.95. The molecule has 2 amide bonds. The Morgan fingerprint density at radius 2 is 1.83 bits per heavy atom. The lowest BCUT2D eigenvalue weighted by atomic mass is 9.99. The molecule has 2 aromatic heterocycles. The number of thiophene rings is 1. The Morgan fingerprint density at radius 3 is 2.54 bits per heavy atom. The summed E-state index contributed by atoms with van der Waals surface area (Å²) in [5, 5.41) is 9.86. The second kappa shape index (κ2) is 11.1. The summed E-state index contributed by atoms with van der Waals surface area (Å²) in [6.07, 6.45) is 3.59. The van der Waals surface area contributed by atoms with Crippen LogP contribution < -0.4 is 15.5 Å². The van der Waals surface area contributed by atoms with Crippen LogP contribution in [0.4, 0.5) is 21.9 Å². The van der Waals surface area contributed by atoms with Crippen molar-refractivity contribution in [1.29, 1.82) is 0 Å². The highest BCUT2D eigenvalue weighted by Crippen LogP contribution is 2.47. The summed E-state index contributed by atoms with van der Waals surface area (Å²) in [5.41, 5.74) is 4.08. The molecule has 2 N–H and O–H groups in total. The second-order valence-corrected chi connectivity index (χ2v) is 12.4. The number of rotatable bonds is 6. The van der Waals surface area contributed by atoms with Crippen molar-refractivity contribution in [3.63, 3.8) is 0 Å². The number of pyridine rings is 1. The van der Waals surface area contributed by atoms with E-state index < -0.39 is 11.7 Å². The number of nitrogens with zero attached hydrogens (tertiary/aromatic N) is 2. The van der Waals surface area contributed by atoms with Crippen molar-refractivity contribution in [2.24, 2.45) is 0 Å². The highest BCUT2D eigenvalue weighted by molar-refractivity contribution is 7.13. The van der Waals surface area contributed by atoms with Crippen LogP contribution in [0.3, 0.4) is 0 Å². The Morgan fingerprint density at radius 1 is 1.02 bits per heavy atom. The van der Waals surface area contributed by atoms with Gasteiger partial charge in [-0.2, -0.15) is 0 Å². The van der Waals surface area contributed by atoms with E-state index in [2.05, 4.69) is 32.7 Å². The quantitative estimate of drug-likeness (QED) is 0.253. The number of carbonyl (C=O) groups excluding carboxylic acids is 2. The molecule has 2 fully saturated rings. The maximum atomic E-state index is 13.5. The average Bonchev–Trinajstić information content (AvgIpc) is 3.64. The molecule has 212 valence electrons. The fourth-order valence-corrected chi connectivity index (χ4v) is 5.91. The zero-order valence-electron chi connectivity index (χ0n) is 23.5. The first-order valence-electron chi connectivity index (χ1n) is 14.0. The molecule has 6 rings (SSSR count). The minimum absolute atomic E-state index is 0.308. The number of anilines is 3. The molecular weight excluding hydrogens is 536 g/mol. The van der Waals surface area contributed by atoms with E-state index in [-0.39, 0.29) is 5.91 Å². The molecule has 8 nitrogen and oxygen atoms in total. The van der Waals surface area contributed by atoms with Gasteiger partial charge in [0.15, 0.2) is 0 Å². The maximum absolute atomic E-state index is 13.5. The zero-order chi connectivity index (χ0) is 28.6. The Kier molecular flexibility index (Phi) is 7.40. The van der Waals surface area contributed by atoms with Crippen molar-refractivity contribution in [2.45, 2.75) is 45.1 Å². The number of fused-ring (bicyclic) bond motifs is 1. The fraction of sp³-hybridized carbons (Fsp3) is 0.344. The summed E-state index contributed by atoms with van der Waals surface area (Å²) in [4.78, 5) is 34.2. The molecule has 0 unspecified atom stereocenters. The average molecular weight is 571 g/mol. The van der Waals surface area contributed by atoms with Crippen molar-refractivity contribution >= 4 is 51.2 Å². The smallest absolute Gasteiger partial charge is 0.412 e. The van der Waals surface area contributed by atoms with Crippen molar-refractivity contribution in [2.75, 3.05) is 41.8 Å². The van der Waals surface area contributed by atoms with Crippen LogP contribution in [0.5, 0.6) is 0 Å². The maximum Gasteiger partial charge on any atom is 0.412 e. The van der Waals surface area contributed by atoms with Crippen LogP contribution in [0.2, 0.25) is 0 Å². The first kappa shape index (κ1) is 27.2. The van der Waals surface area contributed by atoms with Crippen LogP contribution in [0.25, 0.3) is 21.2 Å². The normalized spacial score (nSPS) is 15.5. The van der Waals surface area contributed by atoms with Gasteiger partial charge in [0.25, 0.3) is 5.91 Å². The monoisotopic (exact) mass is 570 g/mol. The number of ether oxygens (including phenoxy) is 2. The fourth-order valence-electron chi connectivity index (χ4n) is 5.19. The molecule has 1 aliphatic heterocycles. The number of carbonyl (C=O) groups is 2. The van der Waals surface area contributed by atoms with Crippen molar-refractivity contribution in [3.8, 4) is 10.4 Å². The minimum Gasteiger partial charge on any atom is -0.444 e. The molecule has 2 aliphatic rings. The van der Waals surface area contributed by atoms with Crippen molar-refractivity contribution < 1.29 is 19.1 Å². The zero-order valence-corrected chi connectivity index (χ0v) is 24.3. The van der Waals surface area contributed by atoms with E-state index in [4.69, 9.17) is 9.47 Å². The van der Waals surface area contributed by atoms with Crippen LogP contribution in [-0.2, 0) is 9.47 Å². The first-order chi connectivity index (χ1) is 19.7. The van der Waals surface area contributed by atoms with Gasteiger partial charge in [-0.1, -0.05) is 18.2 Å². The molecule has 0 spiro atoms. The van der Waals surface area contributed by atoms with Gasteiger partial charge in [-0.3, -0.25) is 15.1 Å². The Balaban J connectivity index is 1.30. The predicted molar refractivity (Wildman–Crippen MR) is 164 cm³/mol. The number of nitrogens with one attached hydrogen (secondary N) is 2. The van der Waals surface area contributed by atoms with Gasteiger partial charge in [-0.05, 0) is 91.8 Å². The van der Waals surface area contributed by atoms with Gasteiger partial charge in [-0.25, -0.2) is 4.79 Å². The van der Waals surface area contributed by atoms with Crippen molar-refractivity contribution in [3.05, 3.63) is 71.4 Å². The molecule has 0 atom stereocenters. The number of morpholine rings is 1. The summed E-state index contributed by atoms with van der Waals surface area (Å²) < 4.78 is 11.0. The summed E-state index contributed by atoms with van der Waals surface area (Å²) in [6, 6.07) is 15.6. The molecule has 0 bridgehead atoms. The van der Waals surface area contributed by atoms with E-state index in [9.17, 15) is 9.59 Å². The molecule has 1 saturated carbocycles. The topological polar surface area (TPSA) is 92.8 Å². The number of benzene rings is 2. The molecule has 3 heterocycles. The van der Waals surface area contributed by atoms with Gasteiger partial charge < -0.3 is 19.7 Å². The highest BCUT2D eigenvalue weighted by atomic mass is 32.1. The molecule has 0 radical (unpaired) electrons. The third-order valence-corrected chi connectivity index (χ3v) is 8.12. The van der Waals surface area contributed by atoms with E-state index >= 15 is 0 Å². The number of hydrogen-bond donors (Lipinski definition) is 2. The summed E-state index contributed by atoms with van der Waals surface area (Å²) >= 11 is 1.60. The predicted octanol–water partition coefficient (Wildman–Crippen LogP) is 7.28. The van der Waals surface area contributed by atoms with Gasteiger partial charge >= 0.3 is 6.09 Å². The van der Waals surface area contributed by atoms with E-state index in [0.29, 0.717) is 23.0 Å². The van der Waals surface area contributed by atoms with Gasteiger partial charge in [-0.15, -0.1) is 11.3 Å². The highest BCUT2D eigenvalue weighted by Gasteiger charge is 2.30. The first-order valence-corrected chi connectivity index (χ1v) is 14.9. The number of amides is 2. The molecule has 1 saturated heterocycles. The standard InChI is InChI=1S/C32H34N4O4S/c1-32(2,3)40-31(38)35-24-10-8-22(28-5-4-16-41-28)18-25(24)34-30(37)26-17-21-9-11-27(36-12-14-39-15-13-36)29(20-6-7-20)23(21)19-33-26/h4-5,8-11,16-20H,6-7,12-15H2,1-3H3,(H,34,37)(H,35,38). The SMILES string of the molecule is CC(C)(C)OC(=O)Nc1ccc(-c2cccs2)cc1NC(=O)c1cc2ccc(N3CCOCC3)c(C3CC3)c2cn1. The molecule has 2 aromatic carbocycles. The van der Waals surface area contributed by atoms with Gasteiger partial charge in [0.2, 0.25) is 0 Å². The molecule has 4 aromatic rings. The second-order valence-electron chi connectivity index (χ2n) is 11.5. The minimum atomic E-state index is -0.652. The van der Waals surface area contributed by atoms with Crippen LogP contribution in [0.15, 0.2) is 60.1 Å². The summed E-state index contributed by atoms with van der Waals surface area (Å²) in [6.45, 7) is 8.64. The van der Waals surface area contributed by atoms with Crippen molar-refractivity contribution in [1.82, 2.24) is 4.98 Å². The molecular formula is C32H34N4O4S. The lowest BCUT2D eigenvalue weighted by molar-refractivity contribution is 0.0635. The van der Waals surface area contributed by atoms with Gasteiger partial charge in [0, 0.05) is 35.2 Å².